The maximum absolute atomic E-state index is 6.17. The van der Waals surface area contributed by atoms with Crippen molar-refractivity contribution in [1.82, 2.24) is 19.9 Å². The number of aromatic nitrogens is 4. The van der Waals surface area contributed by atoms with E-state index in [4.69, 9.17) is 21.8 Å². The molecule has 25 heavy (non-hydrogen) atoms. The number of aryl methyl sites for hydroxylation is 2. The van der Waals surface area contributed by atoms with E-state index < -0.39 is 0 Å². The van der Waals surface area contributed by atoms with Crippen LogP contribution in [0.2, 0.25) is 5.15 Å². The Bertz CT molecular complexity index is 1090. The average molecular weight is 352 g/mol. The summed E-state index contributed by atoms with van der Waals surface area (Å²) < 4.78 is 5.78. The van der Waals surface area contributed by atoms with Gasteiger partial charge in [0.05, 0.1) is 0 Å². The molecule has 6 nitrogen and oxygen atoms in total. The molecule has 0 aromatic carbocycles. The van der Waals surface area contributed by atoms with Crippen molar-refractivity contribution in [3.8, 4) is 22.6 Å². The molecule has 124 valence electrons. The van der Waals surface area contributed by atoms with Crippen molar-refractivity contribution in [1.29, 1.82) is 0 Å². The van der Waals surface area contributed by atoms with Crippen molar-refractivity contribution in [2.24, 2.45) is 0 Å². The van der Waals surface area contributed by atoms with Crippen LogP contribution in [0.25, 0.3) is 33.6 Å². The number of nitrogens with zero attached hydrogens (tertiary/aromatic N) is 4. The second-order valence-electron chi connectivity index (χ2n) is 5.70. The van der Waals surface area contributed by atoms with Gasteiger partial charge in [-0.3, -0.25) is 4.98 Å². The number of furan rings is 1. The number of hydrogen-bond donors (Lipinski definition) is 1. The van der Waals surface area contributed by atoms with Gasteiger partial charge < -0.3 is 10.2 Å². The van der Waals surface area contributed by atoms with Crippen LogP contribution in [0.5, 0.6) is 0 Å². The van der Waals surface area contributed by atoms with Crippen molar-refractivity contribution in [3.05, 3.63) is 53.3 Å². The monoisotopic (exact) mass is 351 g/mol. The lowest BCUT2D eigenvalue weighted by Gasteiger charge is -2.12. The van der Waals surface area contributed by atoms with Gasteiger partial charge in [-0.1, -0.05) is 11.6 Å². The predicted molar refractivity (Wildman–Crippen MR) is 97.2 cm³/mol. The molecule has 4 aromatic heterocycles. The minimum Gasteiger partial charge on any atom is -0.460 e. The van der Waals surface area contributed by atoms with E-state index in [9.17, 15) is 0 Å². The lowest BCUT2D eigenvalue weighted by Crippen LogP contribution is -2.01. The first-order chi connectivity index (χ1) is 12.0. The quantitative estimate of drug-likeness (QED) is 0.544. The van der Waals surface area contributed by atoms with Crippen LogP contribution < -0.4 is 5.73 Å². The van der Waals surface area contributed by atoms with E-state index in [1.165, 1.54) is 0 Å². The van der Waals surface area contributed by atoms with Crippen LogP contribution in [-0.2, 0) is 0 Å². The minimum atomic E-state index is 0.299. The van der Waals surface area contributed by atoms with E-state index in [0.29, 0.717) is 33.5 Å². The number of nitrogen functional groups attached to an aromatic ring is 1. The highest BCUT2D eigenvalue weighted by Gasteiger charge is 2.20. The largest absolute Gasteiger partial charge is 0.460 e. The topological polar surface area (TPSA) is 90.7 Å². The summed E-state index contributed by atoms with van der Waals surface area (Å²) in [6.07, 6.45) is 3.21. The van der Waals surface area contributed by atoms with Gasteiger partial charge in [0, 0.05) is 23.7 Å². The molecule has 4 heterocycles. The third-order valence-corrected chi connectivity index (χ3v) is 4.02. The zero-order valence-corrected chi connectivity index (χ0v) is 14.4. The predicted octanol–water partition coefficient (Wildman–Crippen LogP) is 4.20. The van der Waals surface area contributed by atoms with Crippen LogP contribution in [0.3, 0.4) is 0 Å². The Balaban J connectivity index is 2.14. The highest BCUT2D eigenvalue weighted by Crippen LogP contribution is 2.38. The second-order valence-corrected chi connectivity index (χ2v) is 6.09. The van der Waals surface area contributed by atoms with E-state index in [1.807, 2.05) is 32.0 Å². The average Bonchev–Trinajstić information content (AvgIpc) is 3.00. The summed E-state index contributed by atoms with van der Waals surface area (Å²) in [5.74, 6) is 1.69. The first kappa shape index (κ1) is 15.5. The Morgan fingerprint density at radius 1 is 1.00 bits per heavy atom. The highest BCUT2D eigenvalue weighted by atomic mass is 35.5. The van der Waals surface area contributed by atoms with E-state index in [-0.39, 0.29) is 0 Å². The summed E-state index contributed by atoms with van der Waals surface area (Å²) in [6, 6.07) is 7.43. The minimum absolute atomic E-state index is 0.299. The lowest BCUT2D eigenvalue weighted by atomic mass is 10.0. The highest BCUT2D eigenvalue weighted by molar-refractivity contribution is 6.29. The summed E-state index contributed by atoms with van der Waals surface area (Å²) in [6.45, 7) is 3.76. The molecule has 0 fully saturated rings. The van der Waals surface area contributed by atoms with Crippen molar-refractivity contribution in [3.63, 3.8) is 0 Å². The number of anilines is 1. The maximum atomic E-state index is 6.17. The standard InChI is InChI=1S/C18H14ClN5O/c1-9-7-11(8-13(19)23-9)14-15(12-4-3-10(2)25-12)24-18(20)17-16(14)21-5-6-22-17/h3-8H,1-2H3,(H2,20,24). The molecule has 0 unspecified atom stereocenters. The van der Waals surface area contributed by atoms with E-state index in [2.05, 4.69) is 19.9 Å². The summed E-state index contributed by atoms with van der Waals surface area (Å²) in [5, 5.41) is 0.394. The van der Waals surface area contributed by atoms with Crippen LogP contribution in [0, 0.1) is 13.8 Å². The number of halogens is 1. The number of pyridine rings is 2. The van der Waals surface area contributed by atoms with Crippen LogP contribution >= 0.6 is 11.6 Å². The smallest absolute Gasteiger partial charge is 0.153 e. The summed E-state index contributed by atoms with van der Waals surface area (Å²) in [4.78, 5) is 17.6. The zero-order valence-electron chi connectivity index (χ0n) is 13.6. The Hall–Kier alpha value is -2.99. The maximum Gasteiger partial charge on any atom is 0.153 e. The Morgan fingerprint density at radius 2 is 1.76 bits per heavy atom. The molecule has 4 aromatic rings. The zero-order chi connectivity index (χ0) is 17.6. The van der Waals surface area contributed by atoms with Crippen molar-refractivity contribution < 1.29 is 4.42 Å². The Kier molecular flexibility index (Phi) is 3.62. The molecule has 7 heteroatoms. The first-order valence-electron chi connectivity index (χ1n) is 7.64. The van der Waals surface area contributed by atoms with E-state index in [1.54, 1.807) is 18.5 Å². The molecule has 0 aliphatic heterocycles. The normalized spacial score (nSPS) is 11.2. The molecule has 0 atom stereocenters. The second kappa shape index (κ2) is 5.82. The molecular weight excluding hydrogens is 338 g/mol. The van der Waals surface area contributed by atoms with Gasteiger partial charge in [0.2, 0.25) is 0 Å². The molecular formula is C18H14ClN5O. The fourth-order valence-electron chi connectivity index (χ4n) is 2.84. The van der Waals surface area contributed by atoms with Crippen LogP contribution in [0.15, 0.2) is 41.1 Å². The third kappa shape index (κ3) is 2.70. The van der Waals surface area contributed by atoms with Gasteiger partial charge in [0.25, 0.3) is 0 Å². The molecule has 0 saturated carbocycles. The molecule has 0 amide bonds. The lowest BCUT2D eigenvalue weighted by molar-refractivity contribution is 0.547. The van der Waals surface area contributed by atoms with Crippen LogP contribution in [-0.4, -0.2) is 19.9 Å². The molecule has 0 aliphatic rings. The number of fused-ring (bicyclic) bond motifs is 1. The van der Waals surface area contributed by atoms with Gasteiger partial charge >= 0.3 is 0 Å². The third-order valence-electron chi connectivity index (χ3n) is 3.83. The molecule has 0 radical (unpaired) electrons. The van der Waals surface area contributed by atoms with Crippen LogP contribution in [0.1, 0.15) is 11.5 Å². The Labute approximate surface area is 148 Å². The number of hydrogen-bond acceptors (Lipinski definition) is 6. The van der Waals surface area contributed by atoms with Crippen LogP contribution in [0.4, 0.5) is 5.82 Å². The SMILES string of the molecule is Cc1cc(-c2c(-c3ccc(C)o3)nc(N)c3nccnc23)cc(Cl)n1. The Morgan fingerprint density at radius 3 is 2.44 bits per heavy atom. The molecule has 0 spiro atoms. The van der Waals surface area contributed by atoms with E-state index >= 15 is 0 Å². The summed E-state index contributed by atoms with van der Waals surface area (Å²) in [5.41, 5.74) is 10.3. The first-order valence-corrected chi connectivity index (χ1v) is 8.02. The molecule has 4 rings (SSSR count). The van der Waals surface area contributed by atoms with Crippen molar-refractivity contribution >= 4 is 28.5 Å². The van der Waals surface area contributed by atoms with Gasteiger partial charge in [-0.05, 0) is 43.7 Å². The van der Waals surface area contributed by atoms with Gasteiger partial charge in [0.1, 0.15) is 27.6 Å². The van der Waals surface area contributed by atoms with E-state index in [0.717, 1.165) is 22.6 Å². The fraction of sp³-hybridized carbons (Fsp3) is 0.111. The van der Waals surface area contributed by atoms with Crippen molar-refractivity contribution in [2.45, 2.75) is 13.8 Å². The van der Waals surface area contributed by atoms with Gasteiger partial charge in [-0.25, -0.2) is 15.0 Å². The summed E-state index contributed by atoms with van der Waals surface area (Å²) in [7, 11) is 0. The van der Waals surface area contributed by atoms with Crippen molar-refractivity contribution in [2.75, 3.05) is 5.73 Å². The van der Waals surface area contributed by atoms with Gasteiger partial charge in [-0.2, -0.15) is 0 Å². The molecule has 0 bridgehead atoms. The van der Waals surface area contributed by atoms with Gasteiger partial charge in [-0.15, -0.1) is 0 Å². The molecule has 0 aliphatic carbocycles. The molecule has 2 N–H and O–H groups in total. The summed E-state index contributed by atoms with van der Waals surface area (Å²) >= 11 is 6.17. The number of nitrogens with two attached hydrogens (primary N) is 1. The fourth-order valence-corrected chi connectivity index (χ4v) is 3.09. The molecule has 0 saturated heterocycles. The number of rotatable bonds is 2. The van der Waals surface area contributed by atoms with Gasteiger partial charge in [0.15, 0.2) is 11.6 Å².